The number of amides is 3. The first kappa shape index (κ1) is 28.5. The van der Waals surface area contributed by atoms with Gasteiger partial charge in [-0.25, -0.2) is 9.89 Å². The van der Waals surface area contributed by atoms with Crippen LogP contribution in [-0.2, 0) is 27.5 Å². The minimum absolute atomic E-state index is 0.113. The van der Waals surface area contributed by atoms with E-state index in [0.717, 1.165) is 16.7 Å². The predicted molar refractivity (Wildman–Crippen MR) is 164 cm³/mol. The molecule has 0 saturated carbocycles. The first-order valence-corrected chi connectivity index (χ1v) is 15.0. The van der Waals surface area contributed by atoms with Crippen molar-refractivity contribution >= 4 is 46.2 Å². The van der Waals surface area contributed by atoms with Crippen LogP contribution in [0.4, 0.5) is 5.69 Å². The summed E-state index contributed by atoms with van der Waals surface area (Å²) >= 11 is 1.23. The highest BCUT2D eigenvalue weighted by Crippen LogP contribution is 2.36. The van der Waals surface area contributed by atoms with Crippen LogP contribution in [0.25, 0.3) is 0 Å². The van der Waals surface area contributed by atoms with E-state index in [1.54, 1.807) is 6.07 Å². The SMILES string of the molecule is CC[C@@H](SC1=Nc2ccccc2C2=N[C@@H](CC(=O)NCc3ccc4c(c3)OCO4)C(=O)N12)C(=O)NCc1ccc(C)cc1. The van der Waals surface area contributed by atoms with E-state index in [9.17, 15) is 14.4 Å². The van der Waals surface area contributed by atoms with Crippen LogP contribution in [0.3, 0.4) is 0 Å². The normalized spacial score (nSPS) is 17.0. The number of aliphatic imine (C=N–C) groups is 2. The van der Waals surface area contributed by atoms with Crippen LogP contribution >= 0.6 is 11.8 Å². The van der Waals surface area contributed by atoms with Crippen LogP contribution in [0.1, 0.15) is 42.0 Å². The van der Waals surface area contributed by atoms with Gasteiger partial charge in [-0.1, -0.05) is 66.7 Å². The first-order valence-electron chi connectivity index (χ1n) is 14.1. The molecule has 2 atom stereocenters. The maximum absolute atomic E-state index is 13.7. The second-order valence-electron chi connectivity index (χ2n) is 10.4. The van der Waals surface area contributed by atoms with Crippen LogP contribution in [0, 0.1) is 6.92 Å². The maximum atomic E-state index is 13.7. The van der Waals surface area contributed by atoms with Crippen molar-refractivity contribution in [2.75, 3.05) is 6.79 Å². The van der Waals surface area contributed by atoms with Crippen molar-refractivity contribution < 1.29 is 23.9 Å². The zero-order valence-corrected chi connectivity index (χ0v) is 24.6. The summed E-state index contributed by atoms with van der Waals surface area (Å²) in [6.45, 7) is 4.80. The zero-order valence-electron chi connectivity index (χ0n) is 23.8. The lowest BCUT2D eigenvalue weighted by atomic mass is 10.1. The van der Waals surface area contributed by atoms with Gasteiger partial charge in [0.2, 0.25) is 18.6 Å². The summed E-state index contributed by atoms with van der Waals surface area (Å²) < 4.78 is 10.7. The van der Waals surface area contributed by atoms with Crippen LogP contribution in [-0.4, -0.2) is 51.7 Å². The van der Waals surface area contributed by atoms with Gasteiger partial charge in [-0.15, -0.1) is 0 Å². The number of thioether (sulfide) groups is 1. The van der Waals surface area contributed by atoms with E-state index in [1.807, 2.05) is 74.5 Å². The van der Waals surface area contributed by atoms with E-state index >= 15 is 0 Å². The number of carbonyl (C=O) groups excluding carboxylic acids is 3. The summed E-state index contributed by atoms with van der Waals surface area (Å²) in [7, 11) is 0. The van der Waals surface area contributed by atoms with Gasteiger partial charge in [0, 0.05) is 18.7 Å². The number of hydrogen-bond donors (Lipinski definition) is 2. The monoisotopic (exact) mass is 597 g/mol. The molecule has 0 radical (unpaired) electrons. The van der Waals surface area contributed by atoms with Crippen LogP contribution in [0.2, 0.25) is 0 Å². The van der Waals surface area contributed by atoms with Gasteiger partial charge in [0.1, 0.15) is 11.9 Å². The molecule has 11 heteroatoms. The standard InChI is InChI=1S/C32H31N5O5S/c1-3-27(30(39)34-16-20-10-8-19(2)9-11-20)43-32-36-23-7-5-4-6-22(23)29-35-24(31(40)37(29)32)15-28(38)33-17-21-12-13-25-26(14-21)42-18-41-25/h4-14,24,27H,3,15-18H2,1-2H3,(H,33,38)(H,34,39)/t24-,27+/m0/s1. The highest BCUT2D eigenvalue weighted by atomic mass is 32.2. The molecule has 3 aliphatic heterocycles. The van der Waals surface area contributed by atoms with E-state index in [4.69, 9.17) is 14.5 Å². The van der Waals surface area contributed by atoms with Gasteiger partial charge in [-0.05, 0) is 48.7 Å². The lowest BCUT2D eigenvalue weighted by Gasteiger charge is -2.27. The topological polar surface area (TPSA) is 122 Å². The second kappa shape index (κ2) is 12.3. The van der Waals surface area contributed by atoms with Gasteiger partial charge in [0.25, 0.3) is 5.91 Å². The molecule has 3 heterocycles. The molecule has 43 heavy (non-hydrogen) atoms. The minimum atomic E-state index is -0.904. The lowest BCUT2D eigenvalue weighted by molar-refractivity contribution is -0.128. The van der Waals surface area contributed by atoms with Gasteiger partial charge < -0.3 is 20.1 Å². The van der Waals surface area contributed by atoms with Crippen LogP contribution in [0.15, 0.2) is 76.7 Å². The minimum Gasteiger partial charge on any atom is -0.454 e. The molecule has 6 rings (SSSR count). The molecule has 0 fully saturated rings. The third-order valence-electron chi connectivity index (χ3n) is 7.35. The Kier molecular flexibility index (Phi) is 8.15. The molecule has 220 valence electrons. The number of amidine groups is 2. The molecule has 0 saturated heterocycles. The van der Waals surface area contributed by atoms with E-state index in [1.165, 1.54) is 16.7 Å². The Hall–Kier alpha value is -4.64. The van der Waals surface area contributed by atoms with Crippen molar-refractivity contribution in [1.82, 2.24) is 15.5 Å². The summed E-state index contributed by atoms with van der Waals surface area (Å²) in [5.74, 6) is 0.966. The second-order valence-corrected chi connectivity index (χ2v) is 11.6. The molecular weight excluding hydrogens is 566 g/mol. The van der Waals surface area contributed by atoms with Crippen molar-refractivity contribution in [3.63, 3.8) is 0 Å². The number of carbonyl (C=O) groups is 3. The Morgan fingerprint density at radius 2 is 1.74 bits per heavy atom. The first-order chi connectivity index (χ1) is 20.9. The molecule has 0 bridgehead atoms. The maximum Gasteiger partial charge on any atom is 0.259 e. The largest absolute Gasteiger partial charge is 0.454 e. The molecular formula is C32H31N5O5S. The van der Waals surface area contributed by atoms with Gasteiger partial charge in [0.15, 0.2) is 16.7 Å². The van der Waals surface area contributed by atoms with Gasteiger partial charge in [0.05, 0.1) is 17.4 Å². The van der Waals surface area contributed by atoms with Crippen molar-refractivity contribution in [3.8, 4) is 11.5 Å². The summed E-state index contributed by atoms with van der Waals surface area (Å²) in [5, 5.41) is 5.78. The molecule has 3 amide bonds. The molecule has 3 aromatic rings. The molecule has 0 unspecified atom stereocenters. The number of nitrogens with one attached hydrogen (secondary N) is 2. The molecule has 3 aliphatic rings. The number of benzene rings is 3. The Labute approximate surface area is 253 Å². The quantitative estimate of drug-likeness (QED) is 0.381. The van der Waals surface area contributed by atoms with Crippen molar-refractivity contribution in [3.05, 3.63) is 89.0 Å². The number of nitrogens with zero attached hydrogens (tertiary/aromatic N) is 3. The van der Waals surface area contributed by atoms with Crippen molar-refractivity contribution in [1.29, 1.82) is 0 Å². The van der Waals surface area contributed by atoms with E-state index in [2.05, 4.69) is 15.6 Å². The molecule has 2 N–H and O–H groups in total. The highest BCUT2D eigenvalue weighted by molar-refractivity contribution is 8.15. The molecule has 10 nitrogen and oxygen atoms in total. The Bertz CT molecular complexity index is 1640. The third kappa shape index (κ3) is 6.12. The van der Waals surface area contributed by atoms with E-state index in [-0.39, 0.29) is 37.5 Å². The number of para-hydroxylation sites is 1. The number of ether oxygens (including phenoxy) is 2. The summed E-state index contributed by atoms with van der Waals surface area (Å²) in [5.41, 5.74) is 4.38. The van der Waals surface area contributed by atoms with Crippen LogP contribution < -0.4 is 20.1 Å². The Morgan fingerprint density at radius 3 is 2.56 bits per heavy atom. The molecule has 0 spiro atoms. The summed E-state index contributed by atoms with van der Waals surface area (Å²) in [6, 6.07) is 20.0. The van der Waals surface area contributed by atoms with E-state index < -0.39 is 11.3 Å². The van der Waals surface area contributed by atoms with Gasteiger partial charge in [-0.2, -0.15) is 0 Å². The zero-order chi connectivity index (χ0) is 29.9. The van der Waals surface area contributed by atoms with Gasteiger partial charge in [-0.3, -0.25) is 19.4 Å². The average Bonchev–Trinajstić information content (AvgIpc) is 3.62. The predicted octanol–water partition coefficient (Wildman–Crippen LogP) is 4.22. The number of hydrogen-bond acceptors (Lipinski definition) is 8. The highest BCUT2D eigenvalue weighted by Gasteiger charge is 2.43. The number of aryl methyl sites for hydroxylation is 1. The van der Waals surface area contributed by atoms with Crippen LogP contribution in [0.5, 0.6) is 11.5 Å². The number of fused-ring (bicyclic) bond motifs is 4. The smallest absolute Gasteiger partial charge is 0.259 e. The van der Waals surface area contributed by atoms with Crippen molar-refractivity contribution in [2.45, 2.75) is 51.1 Å². The average molecular weight is 598 g/mol. The molecule has 0 aromatic heterocycles. The van der Waals surface area contributed by atoms with Gasteiger partial charge >= 0.3 is 0 Å². The fourth-order valence-electron chi connectivity index (χ4n) is 4.97. The summed E-state index contributed by atoms with van der Waals surface area (Å²) in [4.78, 5) is 50.7. The van der Waals surface area contributed by atoms with E-state index in [0.29, 0.717) is 46.7 Å². The molecule has 0 aliphatic carbocycles. The fourth-order valence-corrected chi connectivity index (χ4v) is 6.02. The Balaban J connectivity index is 1.14. The Morgan fingerprint density at radius 1 is 1.00 bits per heavy atom. The summed E-state index contributed by atoms with van der Waals surface area (Å²) in [6.07, 6.45) is 0.420. The third-order valence-corrected chi connectivity index (χ3v) is 8.67. The lowest BCUT2D eigenvalue weighted by Crippen LogP contribution is -2.43. The molecule has 3 aromatic carbocycles. The fraction of sp³-hybridized carbons (Fsp3) is 0.281. The van der Waals surface area contributed by atoms with Crippen molar-refractivity contribution in [2.24, 2.45) is 9.98 Å². The number of rotatable bonds is 9.